The summed E-state index contributed by atoms with van der Waals surface area (Å²) in [5.74, 6) is 0. The Kier molecular flexibility index (Phi) is 3.78. The van der Waals surface area contributed by atoms with Gasteiger partial charge in [0.05, 0.1) is 10.2 Å². The van der Waals surface area contributed by atoms with E-state index in [9.17, 15) is 0 Å². The van der Waals surface area contributed by atoms with Crippen molar-refractivity contribution >= 4 is 26.7 Å². The fraction of sp³-hybridized carbons (Fsp3) is 0.462. The average Bonchev–Trinajstić information content (AvgIpc) is 2.68. The predicted molar refractivity (Wildman–Crippen MR) is 72.2 cm³/mol. The molecule has 1 heterocycles. The lowest BCUT2D eigenvalue weighted by Gasteiger charge is -2.11. The van der Waals surface area contributed by atoms with Crippen LogP contribution in [0, 0.1) is 0 Å². The number of thiazole rings is 1. The molecule has 1 aromatic heterocycles. The van der Waals surface area contributed by atoms with Gasteiger partial charge in [-0.2, -0.15) is 0 Å². The maximum absolute atomic E-state index is 4.57. The van der Waals surface area contributed by atoms with Crippen molar-refractivity contribution < 1.29 is 0 Å². The van der Waals surface area contributed by atoms with Gasteiger partial charge in [-0.3, -0.25) is 0 Å². The predicted octanol–water partition coefficient (Wildman–Crippen LogP) is 4.29. The van der Waals surface area contributed by atoms with Gasteiger partial charge in [0, 0.05) is 6.04 Å². The molecule has 0 aliphatic rings. The van der Waals surface area contributed by atoms with E-state index in [1.165, 1.54) is 24.0 Å². The number of hydrogen-bond acceptors (Lipinski definition) is 3. The van der Waals surface area contributed by atoms with Crippen LogP contribution in [0.25, 0.3) is 10.2 Å². The molecular weight excluding hydrogens is 216 g/mol. The summed E-state index contributed by atoms with van der Waals surface area (Å²) in [7, 11) is 0. The topological polar surface area (TPSA) is 24.9 Å². The van der Waals surface area contributed by atoms with Gasteiger partial charge in [-0.1, -0.05) is 43.2 Å². The third-order valence-corrected chi connectivity index (χ3v) is 3.62. The zero-order valence-corrected chi connectivity index (χ0v) is 10.7. The summed E-state index contributed by atoms with van der Waals surface area (Å²) in [6.07, 6.45) is 3.75. The number of anilines is 1. The van der Waals surface area contributed by atoms with Crippen LogP contribution in [0.4, 0.5) is 5.13 Å². The molecule has 0 spiro atoms. The molecule has 0 aliphatic heterocycles. The molecule has 0 aliphatic carbocycles. The van der Waals surface area contributed by atoms with Crippen LogP contribution in [-0.2, 0) is 0 Å². The van der Waals surface area contributed by atoms with Gasteiger partial charge in [-0.15, -0.1) is 0 Å². The highest BCUT2D eigenvalue weighted by Gasteiger charge is 2.06. The fourth-order valence-electron chi connectivity index (χ4n) is 1.73. The van der Waals surface area contributed by atoms with E-state index >= 15 is 0 Å². The SMILES string of the molecule is CCCCC(C)Nc1nc2ccccc2s1. The van der Waals surface area contributed by atoms with Crippen molar-refractivity contribution in [1.82, 2.24) is 4.98 Å². The van der Waals surface area contributed by atoms with Crippen molar-refractivity contribution in [1.29, 1.82) is 0 Å². The Morgan fingerprint density at radius 3 is 2.94 bits per heavy atom. The molecule has 1 atom stereocenters. The van der Waals surface area contributed by atoms with Crippen LogP contribution < -0.4 is 5.32 Å². The van der Waals surface area contributed by atoms with Crippen LogP contribution in [0.2, 0.25) is 0 Å². The van der Waals surface area contributed by atoms with Crippen molar-refractivity contribution in [2.75, 3.05) is 5.32 Å². The molecule has 86 valence electrons. The van der Waals surface area contributed by atoms with Crippen LogP contribution in [-0.4, -0.2) is 11.0 Å². The maximum atomic E-state index is 4.57. The lowest BCUT2D eigenvalue weighted by Crippen LogP contribution is -2.14. The van der Waals surface area contributed by atoms with Gasteiger partial charge < -0.3 is 5.32 Å². The number of aromatic nitrogens is 1. The zero-order chi connectivity index (χ0) is 11.4. The Labute approximate surface area is 101 Å². The number of unbranched alkanes of at least 4 members (excludes halogenated alkanes) is 1. The maximum Gasteiger partial charge on any atom is 0.183 e. The number of benzene rings is 1. The summed E-state index contributed by atoms with van der Waals surface area (Å²) in [6, 6.07) is 8.79. The Balaban J connectivity index is 2.03. The smallest absolute Gasteiger partial charge is 0.183 e. The molecule has 2 rings (SSSR count). The van der Waals surface area contributed by atoms with Gasteiger partial charge in [0.15, 0.2) is 5.13 Å². The Morgan fingerprint density at radius 2 is 2.19 bits per heavy atom. The van der Waals surface area contributed by atoms with Gasteiger partial charge in [-0.25, -0.2) is 4.98 Å². The minimum atomic E-state index is 0.514. The standard InChI is InChI=1S/C13H18N2S/c1-3-4-7-10(2)14-13-15-11-8-5-6-9-12(11)16-13/h5-6,8-10H,3-4,7H2,1-2H3,(H,14,15). The second-order valence-electron chi connectivity index (χ2n) is 4.17. The summed E-state index contributed by atoms with van der Waals surface area (Å²) >= 11 is 1.74. The van der Waals surface area contributed by atoms with Crippen LogP contribution in [0.1, 0.15) is 33.1 Å². The van der Waals surface area contributed by atoms with Gasteiger partial charge in [0.1, 0.15) is 0 Å². The first-order chi connectivity index (χ1) is 7.79. The average molecular weight is 234 g/mol. The summed E-state index contributed by atoms with van der Waals surface area (Å²) in [4.78, 5) is 4.57. The molecule has 0 saturated heterocycles. The van der Waals surface area contributed by atoms with Crippen molar-refractivity contribution in [3.8, 4) is 0 Å². The number of fused-ring (bicyclic) bond motifs is 1. The highest BCUT2D eigenvalue weighted by molar-refractivity contribution is 7.22. The summed E-state index contributed by atoms with van der Waals surface area (Å²) in [6.45, 7) is 4.45. The minimum absolute atomic E-state index is 0.514. The molecule has 0 radical (unpaired) electrons. The van der Waals surface area contributed by atoms with Crippen molar-refractivity contribution in [3.05, 3.63) is 24.3 Å². The molecule has 2 nitrogen and oxygen atoms in total. The van der Waals surface area contributed by atoms with Crippen LogP contribution in [0.15, 0.2) is 24.3 Å². The van der Waals surface area contributed by atoms with Gasteiger partial charge in [0.2, 0.25) is 0 Å². The number of hydrogen-bond donors (Lipinski definition) is 1. The Bertz CT molecular complexity index is 417. The first kappa shape index (κ1) is 11.4. The van der Waals surface area contributed by atoms with Crippen molar-refractivity contribution in [2.24, 2.45) is 0 Å². The first-order valence-corrected chi connectivity index (χ1v) is 6.73. The molecular formula is C13H18N2S. The van der Waals surface area contributed by atoms with Crippen LogP contribution >= 0.6 is 11.3 Å². The van der Waals surface area contributed by atoms with E-state index in [0.29, 0.717) is 6.04 Å². The van der Waals surface area contributed by atoms with E-state index in [0.717, 1.165) is 10.6 Å². The zero-order valence-electron chi connectivity index (χ0n) is 9.86. The highest BCUT2D eigenvalue weighted by atomic mass is 32.1. The van der Waals surface area contributed by atoms with E-state index in [2.05, 4.69) is 42.3 Å². The second kappa shape index (κ2) is 5.30. The van der Waals surface area contributed by atoms with E-state index in [4.69, 9.17) is 0 Å². The fourth-order valence-corrected chi connectivity index (χ4v) is 2.70. The molecule has 3 heteroatoms. The third-order valence-electron chi connectivity index (χ3n) is 2.65. The number of nitrogens with one attached hydrogen (secondary N) is 1. The first-order valence-electron chi connectivity index (χ1n) is 5.91. The lowest BCUT2D eigenvalue weighted by molar-refractivity contribution is 0.645. The molecule has 0 bridgehead atoms. The normalized spacial score (nSPS) is 12.9. The molecule has 2 aromatic rings. The summed E-state index contributed by atoms with van der Waals surface area (Å²) in [5.41, 5.74) is 1.10. The molecule has 0 saturated carbocycles. The molecule has 0 fully saturated rings. The van der Waals surface area contributed by atoms with Crippen LogP contribution in [0.3, 0.4) is 0 Å². The van der Waals surface area contributed by atoms with E-state index < -0.39 is 0 Å². The van der Waals surface area contributed by atoms with E-state index in [-0.39, 0.29) is 0 Å². The molecule has 0 amide bonds. The monoisotopic (exact) mass is 234 g/mol. The largest absolute Gasteiger partial charge is 0.359 e. The third kappa shape index (κ3) is 2.73. The van der Waals surface area contributed by atoms with Crippen molar-refractivity contribution in [3.63, 3.8) is 0 Å². The molecule has 1 unspecified atom stereocenters. The van der Waals surface area contributed by atoms with E-state index in [1.807, 2.05) is 6.07 Å². The van der Waals surface area contributed by atoms with Gasteiger partial charge >= 0.3 is 0 Å². The minimum Gasteiger partial charge on any atom is -0.359 e. The quantitative estimate of drug-likeness (QED) is 0.835. The van der Waals surface area contributed by atoms with Gasteiger partial charge in [-0.05, 0) is 25.5 Å². The van der Waals surface area contributed by atoms with Gasteiger partial charge in [0.25, 0.3) is 0 Å². The second-order valence-corrected chi connectivity index (χ2v) is 5.21. The number of para-hydroxylation sites is 1. The lowest BCUT2D eigenvalue weighted by atomic mass is 10.1. The highest BCUT2D eigenvalue weighted by Crippen LogP contribution is 2.26. The Hall–Kier alpha value is -1.09. The van der Waals surface area contributed by atoms with E-state index in [1.54, 1.807) is 11.3 Å². The molecule has 1 N–H and O–H groups in total. The number of nitrogens with zero attached hydrogens (tertiary/aromatic N) is 1. The van der Waals surface area contributed by atoms with Crippen molar-refractivity contribution in [2.45, 2.75) is 39.2 Å². The number of rotatable bonds is 5. The molecule has 16 heavy (non-hydrogen) atoms. The molecule has 1 aromatic carbocycles. The van der Waals surface area contributed by atoms with Crippen LogP contribution in [0.5, 0.6) is 0 Å². The Morgan fingerprint density at radius 1 is 1.38 bits per heavy atom. The summed E-state index contributed by atoms with van der Waals surface area (Å²) < 4.78 is 1.26. The summed E-state index contributed by atoms with van der Waals surface area (Å²) in [5, 5.41) is 4.52.